The average Bonchev–Trinajstić information content (AvgIpc) is 3.24. The summed E-state index contributed by atoms with van der Waals surface area (Å²) >= 11 is 0. The van der Waals surface area contributed by atoms with Crippen molar-refractivity contribution < 1.29 is 0 Å². The van der Waals surface area contributed by atoms with Gasteiger partial charge < -0.3 is 5.32 Å². The van der Waals surface area contributed by atoms with Crippen LogP contribution in [0.15, 0.2) is 91.8 Å². The highest BCUT2D eigenvalue weighted by atomic mass is 15.1. The van der Waals surface area contributed by atoms with Crippen molar-refractivity contribution >= 4 is 11.5 Å². The lowest BCUT2D eigenvalue weighted by Crippen LogP contribution is -2.07. The molecular formula is C24H20N6. The third-order valence-electron chi connectivity index (χ3n) is 4.98. The molecular weight excluding hydrogens is 372 g/mol. The molecule has 0 spiro atoms. The van der Waals surface area contributed by atoms with E-state index in [4.69, 9.17) is 4.98 Å². The van der Waals surface area contributed by atoms with E-state index in [1.54, 1.807) is 24.8 Å². The molecule has 6 heteroatoms. The monoisotopic (exact) mass is 392 g/mol. The molecule has 0 aliphatic heterocycles. The topological polar surface area (TPSA) is 68.0 Å². The van der Waals surface area contributed by atoms with E-state index in [0.29, 0.717) is 0 Å². The molecule has 0 amide bonds. The molecule has 0 aliphatic carbocycles. The van der Waals surface area contributed by atoms with Gasteiger partial charge in [-0.3, -0.25) is 14.4 Å². The SMILES string of the molecule is c1ccc(CCNc2cncc(-c3cnc4ccc(-c5ccncc5)cn34)n2)cc1. The van der Waals surface area contributed by atoms with Crippen molar-refractivity contribution in [3.05, 3.63) is 97.3 Å². The molecule has 0 aliphatic rings. The van der Waals surface area contributed by atoms with E-state index in [1.807, 2.05) is 34.9 Å². The van der Waals surface area contributed by atoms with Gasteiger partial charge in [0, 0.05) is 25.1 Å². The predicted octanol–water partition coefficient (Wildman–Crippen LogP) is 4.51. The van der Waals surface area contributed by atoms with Crippen LogP contribution in [-0.4, -0.2) is 30.9 Å². The van der Waals surface area contributed by atoms with Gasteiger partial charge in [0.05, 0.1) is 24.3 Å². The summed E-state index contributed by atoms with van der Waals surface area (Å²) in [5, 5.41) is 3.37. The molecule has 4 heterocycles. The number of aromatic nitrogens is 5. The number of rotatable bonds is 6. The van der Waals surface area contributed by atoms with E-state index in [0.717, 1.165) is 46.9 Å². The Morgan fingerprint density at radius 2 is 1.67 bits per heavy atom. The number of anilines is 1. The normalized spacial score (nSPS) is 10.9. The van der Waals surface area contributed by atoms with E-state index in [9.17, 15) is 0 Å². The highest BCUT2D eigenvalue weighted by Gasteiger charge is 2.10. The molecule has 0 fully saturated rings. The second kappa shape index (κ2) is 8.13. The Hall–Kier alpha value is -4.06. The highest BCUT2D eigenvalue weighted by Crippen LogP contribution is 2.24. The first-order valence-electron chi connectivity index (χ1n) is 9.84. The largest absolute Gasteiger partial charge is 0.368 e. The van der Waals surface area contributed by atoms with Crippen LogP contribution in [0.2, 0.25) is 0 Å². The quantitative estimate of drug-likeness (QED) is 0.461. The number of pyridine rings is 2. The molecule has 0 unspecified atom stereocenters. The summed E-state index contributed by atoms with van der Waals surface area (Å²) in [4.78, 5) is 17.8. The zero-order chi connectivity index (χ0) is 20.2. The van der Waals surface area contributed by atoms with Gasteiger partial charge in [-0.25, -0.2) is 9.97 Å². The van der Waals surface area contributed by atoms with Crippen molar-refractivity contribution in [3.8, 4) is 22.5 Å². The van der Waals surface area contributed by atoms with Crippen LogP contribution in [0.4, 0.5) is 5.82 Å². The van der Waals surface area contributed by atoms with Gasteiger partial charge in [-0.15, -0.1) is 0 Å². The Labute approximate surface area is 174 Å². The first-order chi connectivity index (χ1) is 14.9. The molecule has 5 aromatic rings. The summed E-state index contributed by atoms with van der Waals surface area (Å²) in [5.74, 6) is 0.753. The third-order valence-corrected chi connectivity index (χ3v) is 4.98. The van der Waals surface area contributed by atoms with Crippen LogP contribution in [0.3, 0.4) is 0 Å². The Morgan fingerprint density at radius 3 is 2.53 bits per heavy atom. The first-order valence-corrected chi connectivity index (χ1v) is 9.84. The van der Waals surface area contributed by atoms with Crippen molar-refractivity contribution in [2.75, 3.05) is 11.9 Å². The summed E-state index contributed by atoms with van der Waals surface area (Å²) in [7, 11) is 0. The van der Waals surface area contributed by atoms with E-state index in [1.165, 1.54) is 5.56 Å². The predicted molar refractivity (Wildman–Crippen MR) is 118 cm³/mol. The maximum Gasteiger partial charge on any atom is 0.145 e. The molecule has 0 bridgehead atoms. The molecule has 0 saturated heterocycles. The fraction of sp³-hybridized carbons (Fsp3) is 0.0833. The smallest absolute Gasteiger partial charge is 0.145 e. The van der Waals surface area contributed by atoms with E-state index >= 15 is 0 Å². The molecule has 4 aromatic heterocycles. The van der Waals surface area contributed by atoms with Gasteiger partial charge >= 0.3 is 0 Å². The van der Waals surface area contributed by atoms with Crippen molar-refractivity contribution in [1.29, 1.82) is 0 Å². The minimum absolute atomic E-state index is 0.753. The molecule has 1 aromatic carbocycles. The van der Waals surface area contributed by atoms with E-state index in [-0.39, 0.29) is 0 Å². The van der Waals surface area contributed by atoms with Gasteiger partial charge in [0.25, 0.3) is 0 Å². The maximum absolute atomic E-state index is 4.75. The van der Waals surface area contributed by atoms with Gasteiger partial charge in [0.15, 0.2) is 0 Å². The van der Waals surface area contributed by atoms with Crippen LogP contribution in [-0.2, 0) is 6.42 Å². The summed E-state index contributed by atoms with van der Waals surface area (Å²) in [6.07, 6.45) is 11.9. The van der Waals surface area contributed by atoms with Crippen molar-refractivity contribution in [1.82, 2.24) is 24.3 Å². The lowest BCUT2D eigenvalue weighted by atomic mass is 10.1. The van der Waals surface area contributed by atoms with Crippen LogP contribution in [0, 0.1) is 0 Å². The number of fused-ring (bicyclic) bond motifs is 1. The lowest BCUT2D eigenvalue weighted by Gasteiger charge is -2.08. The summed E-state index contributed by atoms with van der Waals surface area (Å²) in [6, 6.07) is 18.5. The molecule has 5 rings (SSSR count). The van der Waals surface area contributed by atoms with Crippen LogP contribution < -0.4 is 5.32 Å². The average molecular weight is 392 g/mol. The Bertz CT molecular complexity index is 1260. The molecule has 0 atom stereocenters. The molecule has 30 heavy (non-hydrogen) atoms. The van der Waals surface area contributed by atoms with Crippen LogP contribution in [0.25, 0.3) is 28.2 Å². The lowest BCUT2D eigenvalue weighted by molar-refractivity contribution is 0.999. The number of nitrogens with one attached hydrogen (secondary N) is 1. The van der Waals surface area contributed by atoms with Crippen molar-refractivity contribution in [2.24, 2.45) is 0 Å². The molecule has 146 valence electrons. The standard InChI is InChI=1S/C24H20N6/c1-2-4-18(5-3-1)8-13-27-23-16-26-14-21(29-23)22-15-28-24-7-6-20(17-30(22)24)19-9-11-25-12-10-19/h1-7,9-12,14-17H,8,13H2,(H,27,29). The van der Waals surface area contributed by atoms with Crippen LogP contribution >= 0.6 is 0 Å². The fourth-order valence-corrected chi connectivity index (χ4v) is 3.44. The molecule has 6 nitrogen and oxygen atoms in total. The number of imidazole rings is 1. The highest BCUT2D eigenvalue weighted by molar-refractivity contribution is 5.67. The van der Waals surface area contributed by atoms with E-state index in [2.05, 4.69) is 56.8 Å². The summed E-state index contributed by atoms with van der Waals surface area (Å²) < 4.78 is 2.05. The summed E-state index contributed by atoms with van der Waals surface area (Å²) in [6.45, 7) is 0.793. The third kappa shape index (κ3) is 3.75. The zero-order valence-electron chi connectivity index (χ0n) is 16.3. The number of hydrogen-bond acceptors (Lipinski definition) is 5. The maximum atomic E-state index is 4.75. The number of nitrogens with zero attached hydrogens (tertiary/aromatic N) is 5. The fourth-order valence-electron chi connectivity index (χ4n) is 3.44. The molecule has 0 saturated carbocycles. The summed E-state index contributed by atoms with van der Waals surface area (Å²) in [5.41, 5.74) is 6.04. The Kier molecular flexibility index (Phi) is 4.88. The Balaban J connectivity index is 1.40. The number of benzene rings is 1. The zero-order valence-corrected chi connectivity index (χ0v) is 16.3. The van der Waals surface area contributed by atoms with Gasteiger partial charge in [-0.2, -0.15) is 0 Å². The van der Waals surface area contributed by atoms with Crippen molar-refractivity contribution in [2.45, 2.75) is 6.42 Å². The van der Waals surface area contributed by atoms with Gasteiger partial charge in [-0.05, 0) is 47.4 Å². The second-order valence-corrected chi connectivity index (χ2v) is 6.98. The van der Waals surface area contributed by atoms with Gasteiger partial charge in [-0.1, -0.05) is 30.3 Å². The van der Waals surface area contributed by atoms with Gasteiger partial charge in [0.1, 0.15) is 17.2 Å². The van der Waals surface area contributed by atoms with Crippen LogP contribution in [0.1, 0.15) is 5.56 Å². The second-order valence-electron chi connectivity index (χ2n) is 6.98. The van der Waals surface area contributed by atoms with Gasteiger partial charge in [0.2, 0.25) is 0 Å². The van der Waals surface area contributed by atoms with E-state index < -0.39 is 0 Å². The Morgan fingerprint density at radius 1 is 0.800 bits per heavy atom. The minimum Gasteiger partial charge on any atom is -0.368 e. The first kappa shape index (κ1) is 18.0. The minimum atomic E-state index is 0.753. The van der Waals surface area contributed by atoms with Crippen molar-refractivity contribution in [3.63, 3.8) is 0 Å². The molecule has 1 N–H and O–H groups in total. The van der Waals surface area contributed by atoms with Crippen LogP contribution in [0.5, 0.6) is 0 Å². The number of hydrogen-bond donors (Lipinski definition) is 1. The molecule has 0 radical (unpaired) electrons.